The van der Waals surface area contributed by atoms with E-state index in [1.54, 1.807) is 18.2 Å². The third-order valence-electron chi connectivity index (χ3n) is 2.12. The number of carbonyl (C=O) groups excluding carboxylic acids is 1. The number of ether oxygens (including phenoxy) is 1. The zero-order valence-corrected chi connectivity index (χ0v) is 9.19. The van der Waals surface area contributed by atoms with Gasteiger partial charge in [0.1, 0.15) is 6.61 Å². The number of carbonyl (C=O) groups is 1. The maximum Gasteiger partial charge on any atom is 0.250 e. The number of rotatable bonds is 5. The molecule has 0 bridgehead atoms. The standard InChI is InChI=1S/C11H16N2O3/c1-8-9(12)3-2-4-10(8)13-11(15)7-16-6-5-14/h2-4,14H,5-7,12H2,1H3,(H,13,15). The topological polar surface area (TPSA) is 84.6 Å². The fourth-order valence-corrected chi connectivity index (χ4v) is 1.20. The van der Waals surface area contributed by atoms with E-state index in [0.29, 0.717) is 11.4 Å². The SMILES string of the molecule is Cc1c(N)cccc1NC(=O)COCCO. The van der Waals surface area contributed by atoms with E-state index in [9.17, 15) is 4.79 Å². The van der Waals surface area contributed by atoms with Gasteiger partial charge in [0.15, 0.2) is 0 Å². The number of hydrogen-bond donors (Lipinski definition) is 3. The first-order chi connectivity index (χ1) is 7.65. The van der Waals surface area contributed by atoms with Gasteiger partial charge in [-0.25, -0.2) is 0 Å². The highest BCUT2D eigenvalue weighted by Gasteiger charge is 2.05. The van der Waals surface area contributed by atoms with E-state index in [1.807, 2.05) is 6.92 Å². The van der Waals surface area contributed by atoms with E-state index in [1.165, 1.54) is 0 Å². The zero-order valence-electron chi connectivity index (χ0n) is 9.19. The van der Waals surface area contributed by atoms with Gasteiger partial charge < -0.3 is 20.9 Å². The Morgan fingerprint density at radius 1 is 1.56 bits per heavy atom. The van der Waals surface area contributed by atoms with E-state index in [0.717, 1.165) is 5.56 Å². The molecule has 0 fully saturated rings. The molecule has 0 aliphatic rings. The van der Waals surface area contributed by atoms with Crippen molar-refractivity contribution in [2.24, 2.45) is 0 Å². The molecular formula is C11H16N2O3. The van der Waals surface area contributed by atoms with E-state index in [2.05, 4.69) is 5.32 Å². The van der Waals surface area contributed by atoms with Gasteiger partial charge in [0.2, 0.25) is 5.91 Å². The second kappa shape index (κ2) is 6.09. The Morgan fingerprint density at radius 2 is 2.31 bits per heavy atom. The smallest absolute Gasteiger partial charge is 0.250 e. The number of hydrogen-bond acceptors (Lipinski definition) is 4. The van der Waals surface area contributed by atoms with Crippen LogP contribution in [-0.4, -0.2) is 30.8 Å². The number of benzene rings is 1. The quantitative estimate of drug-likeness (QED) is 0.503. The summed E-state index contributed by atoms with van der Waals surface area (Å²) in [7, 11) is 0. The fraction of sp³-hybridized carbons (Fsp3) is 0.364. The van der Waals surface area contributed by atoms with Crippen LogP contribution in [-0.2, 0) is 9.53 Å². The van der Waals surface area contributed by atoms with Gasteiger partial charge in [-0.3, -0.25) is 4.79 Å². The van der Waals surface area contributed by atoms with E-state index in [-0.39, 0.29) is 25.7 Å². The molecule has 16 heavy (non-hydrogen) atoms. The first kappa shape index (κ1) is 12.5. The number of nitrogens with one attached hydrogen (secondary N) is 1. The highest BCUT2D eigenvalue weighted by molar-refractivity contribution is 5.93. The van der Waals surface area contributed by atoms with E-state index < -0.39 is 0 Å². The number of nitrogen functional groups attached to an aromatic ring is 1. The third-order valence-corrected chi connectivity index (χ3v) is 2.12. The Labute approximate surface area is 94.2 Å². The lowest BCUT2D eigenvalue weighted by molar-refractivity contribution is -0.120. The first-order valence-corrected chi connectivity index (χ1v) is 4.98. The molecule has 0 aliphatic carbocycles. The van der Waals surface area contributed by atoms with Crippen LogP contribution in [0.15, 0.2) is 18.2 Å². The van der Waals surface area contributed by atoms with Gasteiger partial charge in [-0.1, -0.05) is 6.07 Å². The fourth-order valence-electron chi connectivity index (χ4n) is 1.20. The summed E-state index contributed by atoms with van der Waals surface area (Å²) in [4.78, 5) is 11.4. The van der Waals surface area contributed by atoms with Crippen molar-refractivity contribution in [1.29, 1.82) is 0 Å². The summed E-state index contributed by atoms with van der Waals surface area (Å²) in [5.74, 6) is -0.262. The normalized spacial score (nSPS) is 10.1. The Bertz CT molecular complexity index is 366. The summed E-state index contributed by atoms with van der Waals surface area (Å²) in [5, 5.41) is 11.2. The molecule has 0 spiro atoms. The Morgan fingerprint density at radius 3 is 3.00 bits per heavy atom. The molecule has 0 atom stereocenters. The second-order valence-electron chi connectivity index (χ2n) is 3.34. The predicted molar refractivity (Wildman–Crippen MR) is 62.1 cm³/mol. The van der Waals surface area contributed by atoms with E-state index >= 15 is 0 Å². The molecule has 0 saturated heterocycles. The maximum atomic E-state index is 11.4. The van der Waals surface area contributed by atoms with Crippen LogP contribution in [0.5, 0.6) is 0 Å². The average molecular weight is 224 g/mol. The second-order valence-corrected chi connectivity index (χ2v) is 3.34. The van der Waals surface area contributed by atoms with Gasteiger partial charge in [0.25, 0.3) is 0 Å². The molecule has 4 N–H and O–H groups in total. The van der Waals surface area contributed by atoms with Crippen molar-refractivity contribution in [2.45, 2.75) is 6.92 Å². The number of aliphatic hydroxyl groups excluding tert-OH is 1. The number of nitrogens with two attached hydrogens (primary N) is 1. The Kier molecular flexibility index (Phi) is 4.75. The molecule has 0 aliphatic heterocycles. The lowest BCUT2D eigenvalue weighted by Gasteiger charge is -2.10. The number of aliphatic hydroxyl groups is 1. The molecule has 1 aromatic rings. The molecule has 1 aromatic carbocycles. The number of anilines is 2. The van der Waals surface area contributed by atoms with Crippen molar-refractivity contribution in [2.75, 3.05) is 30.9 Å². The summed E-state index contributed by atoms with van der Waals surface area (Å²) < 4.78 is 4.89. The minimum absolute atomic E-state index is 0.0746. The van der Waals surface area contributed by atoms with Gasteiger partial charge in [0, 0.05) is 11.4 Å². The van der Waals surface area contributed by atoms with E-state index in [4.69, 9.17) is 15.6 Å². The lowest BCUT2D eigenvalue weighted by atomic mass is 10.1. The van der Waals surface area contributed by atoms with Crippen molar-refractivity contribution >= 4 is 17.3 Å². The minimum Gasteiger partial charge on any atom is -0.398 e. The summed E-state index contributed by atoms with van der Waals surface area (Å²) in [6.45, 7) is 1.82. The van der Waals surface area contributed by atoms with Crippen LogP contribution in [0, 0.1) is 6.92 Å². The third kappa shape index (κ3) is 3.52. The molecule has 0 radical (unpaired) electrons. The van der Waals surface area contributed by atoms with Crippen molar-refractivity contribution in [3.63, 3.8) is 0 Å². The monoisotopic (exact) mass is 224 g/mol. The molecule has 88 valence electrons. The van der Waals surface area contributed by atoms with Crippen LogP contribution in [0.3, 0.4) is 0 Å². The molecule has 0 unspecified atom stereocenters. The lowest BCUT2D eigenvalue weighted by Crippen LogP contribution is -2.20. The molecule has 0 heterocycles. The zero-order chi connectivity index (χ0) is 12.0. The molecule has 1 rings (SSSR count). The van der Waals surface area contributed by atoms with Gasteiger partial charge in [-0.2, -0.15) is 0 Å². The van der Waals surface area contributed by atoms with Crippen molar-refractivity contribution < 1.29 is 14.6 Å². The van der Waals surface area contributed by atoms with Gasteiger partial charge in [-0.05, 0) is 24.6 Å². The largest absolute Gasteiger partial charge is 0.398 e. The van der Waals surface area contributed by atoms with Crippen molar-refractivity contribution in [1.82, 2.24) is 0 Å². The van der Waals surface area contributed by atoms with Crippen molar-refractivity contribution in [3.8, 4) is 0 Å². The predicted octanol–water partition coefficient (Wildman–Crippen LogP) is 0.525. The maximum absolute atomic E-state index is 11.4. The Hall–Kier alpha value is -1.59. The molecule has 0 saturated carbocycles. The molecule has 0 aromatic heterocycles. The molecular weight excluding hydrogens is 208 g/mol. The average Bonchev–Trinajstić information content (AvgIpc) is 2.25. The first-order valence-electron chi connectivity index (χ1n) is 4.98. The van der Waals surface area contributed by atoms with Crippen LogP contribution in [0.2, 0.25) is 0 Å². The van der Waals surface area contributed by atoms with Crippen LogP contribution in [0.4, 0.5) is 11.4 Å². The highest BCUT2D eigenvalue weighted by Crippen LogP contribution is 2.20. The summed E-state index contributed by atoms with van der Waals surface area (Å²) in [5.41, 5.74) is 7.85. The van der Waals surface area contributed by atoms with Crippen LogP contribution in [0.1, 0.15) is 5.56 Å². The molecule has 1 amide bonds. The van der Waals surface area contributed by atoms with Crippen LogP contribution >= 0.6 is 0 Å². The van der Waals surface area contributed by atoms with Gasteiger partial charge in [-0.15, -0.1) is 0 Å². The van der Waals surface area contributed by atoms with Crippen LogP contribution < -0.4 is 11.1 Å². The van der Waals surface area contributed by atoms with Gasteiger partial charge >= 0.3 is 0 Å². The van der Waals surface area contributed by atoms with Crippen LogP contribution in [0.25, 0.3) is 0 Å². The summed E-state index contributed by atoms with van der Waals surface area (Å²) in [6, 6.07) is 5.31. The molecule has 5 nitrogen and oxygen atoms in total. The van der Waals surface area contributed by atoms with Gasteiger partial charge in [0.05, 0.1) is 13.2 Å². The Balaban J connectivity index is 2.53. The highest BCUT2D eigenvalue weighted by atomic mass is 16.5. The summed E-state index contributed by atoms with van der Waals surface area (Å²) in [6.07, 6.45) is 0. The number of amides is 1. The molecule has 5 heteroatoms. The minimum atomic E-state index is -0.262. The summed E-state index contributed by atoms with van der Waals surface area (Å²) >= 11 is 0. The van der Waals surface area contributed by atoms with Crippen molar-refractivity contribution in [3.05, 3.63) is 23.8 Å².